The summed E-state index contributed by atoms with van der Waals surface area (Å²) in [4.78, 5) is 12.3. The van der Waals surface area contributed by atoms with Crippen molar-refractivity contribution < 1.29 is 17.6 Å². The van der Waals surface area contributed by atoms with Gasteiger partial charge in [0.05, 0.1) is 12.5 Å². The van der Waals surface area contributed by atoms with Crippen LogP contribution < -0.4 is 4.72 Å². The predicted octanol–water partition coefficient (Wildman–Crippen LogP) is 3.56. The number of carbonyl (C=O) groups excluding carboxylic acids is 1. The van der Waals surface area contributed by atoms with E-state index in [0.717, 1.165) is 23.0 Å². The van der Waals surface area contributed by atoms with Crippen molar-refractivity contribution in [2.45, 2.75) is 0 Å². The molecule has 0 radical (unpaired) electrons. The molecule has 6 heteroatoms. The van der Waals surface area contributed by atoms with Crippen molar-refractivity contribution in [2.24, 2.45) is 0 Å². The molecule has 0 aliphatic heterocycles. The molecular formula is C20H17NO4S. The maximum Gasteiger partial charge on any atom is 0.301 e. The first-order valence-corrected chi connectivity index (χ1v) is 9.75. The number of furan rings is 1. The van der Waals surface area contributed by atoms with Gasteiger partial charge in [0.25, 0.3) is 0 Å². The number of carbonyl (C=O) groups is 1. The highest BCUT2D eigenvalue weighted by Crippen LogP contribution is 2.29. The molecule has 3 aromatic rings. The van der Waals surface area contributed by atoms with E-state index in [4.69, 9.17) is 4.42 Å². The van der Waals surface area contributed by atoms with Gasteiger partial charge in [0.1, 0.15) is 0 Å². The quantitative estimate of drug-likeness (QED) is 0.700. The first-order valence-electron chi connectivity index (χ1n) is 7.86. The van der Waals surface area contributed by atoms with Gasteiger partial charge in [-0.1, -0.05) is 60.7 Å². The summed E-state index contributed by atoms with van der Waals surface area (Å²) < 4.78 is 30.0. The van der Waals surface area contributed by atoms with Crippen molar-refractivity contribution in [2.75, 3.05) is 6.26 Å². The summed E-state index contributed by atoms with van der Waals surface area (Å²) in [6.07, 6.45) is 4.22. The summed E-state index contributed by atoms with van der Waals surface area (Å²) >= 11 is 0. The zero-order chi connectivity index (χ0) is 18.6. The zero-order valence-electron chi connectivity index (χ0n) is 14.0. The van der Waals surface area contributed by atoms with E-state index in [9.17, 15) is 13.2 Å². The second-order valence-electron chi connectivity index (χ2n) is 5.70. The number of benzene rings is 2. The smallest absolute Gasteiger partial charge is 0.301 e. The van der Waals surface area contributed by atoms with Crippen LogP contribution in [0.4, 0.5) is 0 Å². The maximum atomic E-state index is 12.3. The lowest BCUT2D eigenvalue weighted by Crippen LogP contribution is -2.29. The van der Waals surface area contributed by atoms with E-state index in [2.05, 4.69) is 0 Å². The van der Waals surface area contributed by atoms with E-state index in [1.165, 1.54) is 6.26 Å². The number of sulfonamides is 1. The van der Waals surface area contributed by atoms with Crippen LogP contribution in [-0.2, 0) is 10.0 Å². The number of amides is 1. The molecule has 0 saturated carbocycles. The summed E-state index contributed by atoms with van der Waals surface area (Å²) in [5, 5.41) is 0. The zero-order valence-corrected chi connectivity index (χ0v) is 14.9. The molecule has 1 N–H and O–H groups in total. The van der Waals surface area contributed by atoms with Crippen molar-refractivity contribution in [1.29, 1.82) is 0 Å². The largest absolute Gasteiger partial charge is 0.458 e. The van der Waals surface area contributed by atoms with E-state index < -0.39 is 15.9 Å². The van der Waals surface area contributed by atoms with Gasteiger partial charge in [0.15, 0.2) is 5.76 Å². The minimum Gasteiger partial charge on any atom is -0.458 e. The molecule has 0 fully saturated rings. The molecule has 0 bridgehead atoms. The van der Waals surface area contributed by atoms with Crippen LogP contribution in [0, 0.1) is 0 Å². The summed E-state index contributed by atoms with van der Waals surface area (Å²) in [5.74, 6) is -0.858. The van der Waals surface area contributed by atoms with Crippen LogP contribution in [0.1, 0.15) is 27.2 Å². The molecule has 2 aromatic carbocycles. The first-order chi connectivity index (χ1) is 12.4. The predicted molar refractivity (Wildman–Crippen MR) is 101 cm³/mol. The third-order valence-corrected chi connectivity index (χ3v) is 4.19. The topological polar surface area (TPSA) is 76.4 Å². The lowest BCUT2D eigenvalue weighted by Gasteiger charge is -2.09. The standard InChI is InChI=1S/C20H17NO4S/c1-26(23,24)21-20(22)19-17(12-13-25-19)18(16-10-6-3-7-11-16)14-15-8-4-2-5-9-15/h2-14H,1H3,(H,21,22)/b18-14+. The van der Waals surface area contributed by atoms with Gasteiger partial charge in [0.2, 0.25) is 10.0 Å². The Hall–Kier alpha value is -3.12. The van der Waals surface area contributed by atoms with Crippen LogP contribution >= 0.6 is 0 Å². The van der Waals surface area contributed by atoms with Gasteiger partial charge in [-0.15, -0.1) is 0 Å². The highest BCUT2D eigenvalue weighted by molar-refractivity contribution is 7.89. The molecule has 1 heterocycles. The van der Waals surface area contributed by atoms with Crippen LogP contribution in [0.3, 0.4) is 0 Å². The average molecular weight is 367 g/mol. The van der Waals surface area contributed by atoms with Crippen LogP contribution in [0.15, 0.2) is 77.4 Å². The van der Waals surface area contributed by atoms with Gasteiger partial charge in [-0.05, 0) is 28.8 Å². The Balaban J connectivity index is 2.12. The van der Waals surface area contributed by atoms with Gasteiger partial charge in [-0.2, -0.15) is 0 Å². The Kier molecular flexibility index (Phi) is 5.04. The molecule has 26 heavy (non-hydrogen) atoms. The third-order valence-electron chi connectivity index (χ3n) is 3.64. The summed E-state index contributed by atoms with van der Waals surface area (Å²) in [6.45, 7) is 0. The fourth-order valence-electron chi connectivity index (χ4n) is 2.56. The summed E-state index contributed by atoms with van der Waals surface area (Å²) in [7, 11) is -3.69. The van der Waals surface area contributed by atoms with E-state index in [0.29, 0.717) is 5.56 Å². The summed E-state index contributed by atoms with van der Waals surface area (Å²) in [6, 6.07) is 20.8. The molecule has 0 saturated heterocycles. The Labute approximate surface area is 152 Å². The van der Waals surface area contributed by atoms with Crippen molar-refractivity contribution >= 4 is 27.6 Å². The maximum absolute atomic E-state index is 12.3. The Morgan fingerprint density at radius 3 is 2.19 bits per heavy atom. The van der Waals surface area contributed by atoms with Crippen molar-refractivity contribution in [1.82, 2.24) is 4.72 Å². The highest BCUT2D eigenvalue weighted by atomic mass is 32.2. The van der Waals surface area contributed by atoms with Crippen LogP contribution in [0.25, 0.3) is 11.6 Å². The molecule has 0 unspecified atom stereocenters. The lowest BCUT2D eigenvalue weighted by atomic mass is 9.95. The molecule has 0 spiro atoms. The molecule has 0 aliphatic rings. The summed E-state index contributed by atoms with van der Waals surface area (Å²) in [5.41, 5.74) is 3.10. The van der Waals surface area contributed by atoms with Crippen LogP contribution in [0.5, 0.6) is 0 Å². The van der Waals surface area contributed by atoms with Crippen LogP contribution in [0.2, 0.25) is 0 Å². The molecule has 1 amide bonds. The van der Waals surface area contributed by atoms with Crippen molar-refractivity contribution in [3.63, 3.8) is 0 Å². The third kappa shape index (κ3) is 4.29. The number of hydrogen-bond acceptors (Lipinski definition) is 4. The fraction of sp³-hybridized carbons (Fsp3) is 0.0500. The second-order valence-corrected chi connectivity index (χ2v) is 7.45. The Morgan fingerprint density at radius 2 is 1.58 bits per heavy atom. The van der Waals surface area contributed by atoms with E-state index in [1.54, 1.807) is 6.07 Å². The molecule has 1 aromatic heterocycles. The number of hydrogen-bond donors (Lipinski definition) is 1. The second kappa shape index (κ2) is 7.41. The Bertz CT molecular complexity index is 1040. The molecule has 3 rings (SSSR count). The molecule has 0 aliphatic carbocycles. The van der Waals surface area contributed by atoms with Crippen LogP contribution in [-0.4, -0.2) is 20.6 Å². The normalized spacial score (nSPS) is 12.0. The SMILES string of the molecule is CS(=O)(=O)NC(=O)c1occc1/C(=C/c1ccccc1)c1ccccc1. The van der Waals surface area contributed by atoms with E-state index in [-0.39, 0.29) is 5.76 Å². The van der Waals surface area contributed by atoms with E-state index >= 15 is 0 Å². The van der Waals surface area contributed by atoms with Gasteiger partial charge >= 0.3 is 5.91 Å². The highest BCUT2D eigenvalue weighted by Gasteiger charge is 2.21. The number of nitrogens with one attached hydrogen (secondary N) is 1. The fourth-order valence-corrected chi connectivity index (χ4v) is 2.99. The first kappa shape index (κ1) is 17.7. The Morgan fingerprint density at radius 1 is 0.962 bits per heavy atom. The monoisotopic (exact) mass is 367 g/mol. The van der Waals surface area contributed by atoms with Gasteiger partial charge in [-0.3, -0.25) is 4.79 Å². The van der Waals surface area contributed by atoms with Crippen molar-refractivity contribution in [3.8, 4) is 0 Å². The number of rotatable bonds is 5. The van der Waals surface area contributed by atoms with Gasteiger partial charge < -0.3 is 4.42 Å². The van der Waals surface area contributed by atoms with Crippen molar-refractivity contribution in [3.05, 3.63) is 95.4 Å². The average Bonchev–Trinajstić information content (AvgIpc) is 3.09. The van der Waals surface area contributed by atoms with E-state index in [1.807, 2.05) is 71.5 Å². The minimum atomic E-state index is -3.69. The minimum absolute atomic E-state index is 0.0542. The van der Waals surface area contributed by atoms with Gasteiger partial charge in [0, 0.05) is 5.56 Å². The lowest BCUT2D eigenvalue weighted by molar-refractivity contribution is 0.0954. The molecule has 5 nitrogen and oxygen atoms in total. The molecular weight excluding hydrogens is 350 g/mol. The molecule has 132 valence electrons. The molecule has 0 atom stereocenters. The van der Waals surface area contributed by atoms with Gasteiger partial charge in [-0.25, -0.2) is 13.1 Å².